The normalized spacial score (nSPS) is 18.4. The van der Waals surface area contributed by atoms with Crippen LogP contribution in [-0.4, -0.2) is 54.8 Å². The van der Waals surface area contributed by atoms with Crippen LogP contribution in [0, 0.1) is 0 Å². The van der Waals surface area contributed by atoms with E-state index >= 15 is 0 Å². The summed E-state index contributed by atoms with van der Waals surface area (Å²) in [5.74, 6) is -0.613. The smallest absolute Gasteiger partial charge is 0.396 e. The Morgan fingerprint density at radius 3 is 2.35 bits per heavy atom. The number of amidine groups is 1. The highest BCUT2D eigenvalue weighted by atomic mass is 32.2. The van der Waals surface area contributed by atoms with Crippen LogP contribution in [0.3, 0.4) is 0 Å². The molecule has 0 atom stereocenters. The van der Waals surface area contributed by atoms with Gasteiger partial charge in [0, 0.05) is 30.7 Å². The molecule has 1 fully saturated rings. The van der Waals surface area contributed by atoms with Gasteiger partial charge in [-0.3, -0.25) is 9.79 Å². The van der Waals surface area contributed by atoms with Crippen molar-refractivity contribution in [1.29, 1.82) is 0 Å². The second kappa shape index (κ2) is 11.0. The van der Waals surface area contributed by atoms with E-state index in [0.717, 1.165) is 28.6 Å². The van der Waals surface area contributed by atoms with Crippen LogP contribution < -0.4 is 5.32 Å². The number of hydrogen-bond acceptors (Lipinski definition) is 5. The van der Waals surface area contributed by atoms with E-state index in [4.69, 9.17) is 5.11 Å². The average Bonchev–Trinajstić information content (AvgIpc) is 3.21. The molecule has 0 saturated carbocycles. The number of alkyl halides is 6. The van der Waals surface area contributed by atoms with Crippen molar-refractivity contribution in [1.82, 2.24) is 9.62 Å². The van der Waals surface area contributed by atoms with Crippen LogP contribution in [-0.2, 0) is 33.6 Å². The minimum Gasteiger partial charge on any atom is -0.396 e. The van der Waals surface area contributed by atoms with Crippen LogP contribution in [0.4, 0.5) is 26.3 Å². The van der Waals surface area contributed by atoms with E-state index in [9.17, 15) is 39.6 Å². The van der Waals surface area contributed by atoms with Gasteiger partial charge in [-0.25, -0.2) is 8.42 Å². The summed E-state index contributed by atoms with van der Waals surface area (Å²) in [6, 6.07) is 7.82. The lowest BCUT2D eigenvalue weighted by atomic mass is 9.89. The second-order valence-corrected chi connectivity index (χ2v) is 11.3. The molecule has 0 radical (unpaired) electrons. The number of carbonyl (C=O) groups excluding carboxylic acids is 1. The minimum atomic E-state index is -4.73. The number of aliphatic hydroxyl groups excluding tert-OH is 1. The zero-order valence-electron chi connectivity index (χ0n) is 20.9. The average molecular weight is 590 g/mol. The summed E-state index contributed by atoms with van der Waals surface area (Å²) in [5, 5.41) is 12.1. The van der Waals surface area contributed by atoms with Gasteiger partial charge in [-0.2, -0.15) is 30.6 Å². The number of aliphatic imine (C=N–C) groups is 1. The summed E-state index contributed by atoms with van der Waals surface area (Å²) in [6.45, 7) is -0.532. The molecule has 2 aromatic rings. The van der Waals surface area contributed by atoms with Crippen LogP contribution in [0.15, 0.2) is 52.9 Å². The second-order valence-electron chi connectivity index (χ2n) is 9.52. The Balaban J connectivity index is 1.50. The Morgan fingerprint density at radius 2 is 1.73 bits per heavy atom. The Bertz CT molecular complexity index is 1440. The summed E-state index contributed by atoms with van der Waals surface area (Å²) >= 11 is 0. The molecular weight excluding hydrogens is 564 g/mol. The van der Waals surface area contributed by atoms with Gasteiger partial charge in [0.1, 0.15) is 11.4 Å². The van der Waals surface area contributed by atoms with Crippen molar-refractivity contribution < 1.29 is 44.7 Å². The molecule has 1 amide bonds. The predicted molar refractivity (Wildman–Crippen MR) is 134 cm³/mol. The van der Waals surface area contributed by atoms with E-state index in [-0.39, 0.29) is 62.3 Å². The SMILES string of the molecule is O=C1NC(c2cccc(C(F)(F)F)c2)=NC12CCN(S(=O)(=O)/C=C/c1ccc(CCCO)cc1C(F)(F)F)CC2. The zero-order valence-corrected chi connectivity index (χ0v) is 21.7. The summed E-state index contributed by atoms with van der Waals surface area (Å²) in [4.78, 5) is 17.1. The third-order valence-corrected chi connectivity index (χ3v) is 8.38. The van der Waals surface area contributed by atoms with E-state index in [1.54, 1.807) is 0 Å². The molecule has 7 nitrogen and oxygen atoms in total. The van der Waals surface area contributed by atoms with Crippen molar-refractivity contribution in [3.8, 4) is 0 Å². The Labute approximate surface area is 226 Å². The molecule has 40 heavy (non-hydrogen) atoms. The van der Waals surface area contributed by atoms with Gasteiger partial charge in [-0.05, 0) is 61.1 Å². The first-order chi connectivity index (χ1) is 18.6. The van der Waals surface area contributed by atoms with Gasteiger partial charge >= 0.3 is 12.4 Å². The topological polar surface area (TPSA) is 99.1 Å². The van der Waals surface area contributed by atoms with Crippen molar-refractivity contribution >= 4 is 27.8 Å². The highest BCUT2D eigenvalue weighted by Crippen LogP contribution is 2.36. The molecule has 0 aromatic heterocycles. The quantitative estimate of drug-likeness (QED) is 0.469. The number of halogens is 6. The summed E-state index contributed by atoms with van der Waals surface area (Å²) in [7, 11) is -4.17. The molecule has 216 valence electrons. The fraction of sp³-hybridized carbons (Fsp3) is 0.385. The summed E-state index contributed by atoms with van der Waals surface area (Å²) < 4.78 is 107. The van der Waals surface area contributed by atoms with E-state index in [0.29, 0.717) is 11.0 Å². The molecular formula is C26H25F6N3O4S. The van der Waals surface area contributed by atoms with Crippen LogP contribution >= 0.6 is 0 Å². The van der Waals surface area contributed by atoms with Crippen molar-refractivity contribution in [3.63, 3.8) is 0 Å². The Kier molecular flexibility index (Phi) is 8.16. The molecule has 2 aliphatic heterocycles. The van der Waals surface area contributed by atoms with Crippen molar-refractivity contribution in [3.05, 3.63) is 75.7 Å². The number of rotatable bonds is 7. The highest BCUT2D eigenvalue weighted by molar-refractivity contribution is 7.92. The summed E-state index contributed by atoms with van der Waals surface area (Å²) in [6.07, 6.45) is -8.09. The lowest BCUT2D eigenvalue weighted by molar-refractivity contribution is -0.138. The molecule has 14 heteroatoms. The van der Waals surface area contributed by atoms with E-state index in [2.05, 4.69) is 10.3 Å². The maximum Gasteiger partial charge on any atom is 0.416 e. The number of carbonyl (C=O) groups is 1. The Hall–Kier alpha value is -3.23. The first kappa shape index (κ1) is 29.7. The molecule has 2 aromatic carbocycles. The number of hydrogen-bond donors (Lipinski definition) is 2. The first-order valence-electron chi connectivity index (χ1n) is 12.2. The van der Waals surface area contributed by atoms with Crippen molar-refractivity contribution in [2.75, 3.05) is 19.7 Å². The van der Waals surface area contributed by atoms with Crippen LogP contribution in [0.2, 0.25) is 0 Å². The van der Waals surface area contributed by atoms with Gasteiger partial charge in [0.2, 0.25) is 10.0 Å². The maximum atomic E-state index is 13.6. The number of piperidine rings is 1. The zero-order chi connectivity index (χ0) is 29.3. The van der Waals surface area contributed by atoms with Gasteiger partial charge in [-0.1, -0.05) is 24.3 Å². The fourth-order valence-corrected chi connectivity index (χ4v) is 5.81. The third kappa shape index (κ3) is 6.39. The molecule has 2 heterocycles. The van der Waals surface area contributed by atoms with Crippen molar-refractivity contribution in [2.45, 2.75) is 43.6 Å². The standard InChI is InChI=1S/C26H25F6N3O4S/c27-25(28,29)20-5-1-4-19(16-20)22-33-23(37)24(34-22)9-11-35(12-10-24)40(38,39)14-8-18-7-6-17(3-2-13-36)15-21(18)26(30,31)32/h1,4-8,14-16,36H,2-3,9-13H2,(H,33,34,37)/b14-8+. The molecule has 0 bridgehead atoms. The van der Waals surface area contributed by atoms with E-state index in [1.807, 2.05) is 0 Å². The monoisotopic (exact) mass is 589 g/mol. The van der Waals surface area contributed by atoms with Gasteiger partial charge in [0.15, 0.2) is 0 Å². The number of nitrogens with zero attached hydrogens (tertiary/aromatic N) is 2. The number of aryl methyl sites for hydroxylation is 1. The lowest BCUT2D eigenvalue weighted by Crippen LogP contribution is -2.50. The molecule has 0 unspecified atom stereocenters. The van der Waals surface area contributed by atoms with Gasteiger partial charge in [0.25, 0.3) is 5.91 Å². The maximum absolute atomic E-state index is 13.6. The number of aliphatic hydroxyl groups is 1. The van der Waals surface area contributed by atoms with Gasteiger partial charge < -0.3 is 10.4 Å². The molecule has 1 spiro atoms. The number of benzene rings is 2. The predicted octanol–water partition coefficient (Wildman–Crippen LogP) is 4.36. The molecule has 0 aliphatic carbocycles. The lowest BCUT2D eigenvalue weighted by Gasteiger charge is -2.34. The molecule has 4 rings (SSSR count). The molecule has 2 N–H and O–H groups in total. The minimum absolute atomic E-state index is 0.0468. The number of sulfonamides is 1. The van der Waals surface area contributed by atoms with Gasteiger partial charge in [0.05, 0.1) is 11.1 Å². The largest absolute Gasteiger partial charge is 0.416 e. The number of amides is 1. The fourth-order valence-electron chi connectivity index (χ4n) is 4.62. The van der Waals surface area contributed by atoms with E-state index < -0.39 is 44.9 Å². The first-order valence-corrected chi connectivity index (χ1v) is 13.7. The highest BCUT2D eigenvalue weighted by Gasteiger charge is 2.47. The number of nitrogens with one attached hydrogen (secondary N) is 1. The van der Waals surface area contributed by atoms with Crippen LogP contribution in [0.5, 0.6) is 0 Å². The van der Waals surface area contributed by atoms with Crippen molar-refractivity contribution in [2.24, 2.45) is 4.99 Å². The third-order valence-electron chi connectivity index (χ3n) is 6.82. The van der Waals surface area contributed by atoms with Gasteiger partial charge in [-0.15, -0.1) is 0 Å². The van der Waals surface area contributed by atoms with E-state index in [1.165, 1.54) is 24.3 Å². The molecule has 1 saturated heterocycles. The molecule has 2 aliphatic rings. The van der Waals surface area contributed by atoms with Crippen LogP contribution in [0.25, 0.3) is 6.08 Å². The summed E-state index contributed by atoms with van der Waals surface area (Å²) in [5.41, 5.74) is -3.23. The Morgan fingerprint density at radius 1 is 1.02 bits per heavy atom. The van der Waals surface area contributed by atoms with Crippen LogP contribution in [0.1, 0.15) is 47.1 Å².